The van der Waals surface area contributed by atoms with Crippen LogP contribution in [0.2, 0.25) is 0 Å². The topological polar surface area (TPSA) is 67.7 Å². The van der Waals surface area contributed by atoms with Gasteiger partial charge in [0.05, 0.1) is 0 Å². The summed E-state index contributed by atoms with van der Waals surface area (Å²) in [5.74, 6) is 1.26. The summed E-state index contributed by atoms with van der Waals surface area (Å²) in [6, 6.07) is 20.0. The number of rotatable bonds is 5. The monoisotopic (exact) mass is 330 g/mol. The summed E-state index contributed by atoms with van der Waals surface area (Å²) in [6.07, 6.45) is 1.78. The highest BCUT2D eigenvalue weighted by Gasteiger charge is 2.14. The molecule has 2 aromatic heterocycles. The maximum Gasteiger partial charge on any atom is 0.226 e. The second kappa shape index (κ2) is 6.60. The zero-order chi connectivity index (χ0) is 17.1. The van der Waals surface area contributed by atoms with Crippen LogP contribution in [-0.4, -0.2) is 26.1 Å². The van der Waals surface area contributed by atoms with E-state index in [1.807, 2.05) is 72.2 Å². The van der Waals surface area contributed by atoms with Crippen molar-refractivity contribution in [1.82, 2.24) is 19.5 Å². The van der Waals surface area contributed by atoms with Crippen LogP contribution < -0.4 is 10.6 Å². The lowest BCUT2D eigenvalue weighted by atomic mass is 10.3. The molecule has 6 heteroatoms. The van der Waals surface area contributed by atoms with Crippen LogP contribution in [0.4, 0.5) is 17.5 Å². The molecule has 0 unspecified atom stereocenters. The number of nitrogens with one attached hydrogen (secondary N) is 2. The lowest BCUT2D eigenvalue weighted by Crippen LogP contribution is -2.06. The van der Waals surface area contributed by atoms with Crippen LogP contribution in [0, 0.1) is 0 Å². The number of benzene rings is 2. The SMILES string of the molecule is CCNc1nc(Nc2ccccc2)c2ncn(-c3ccccc3)c2n1. The predicted molar refractivity (Wildman–Crippen MR) is 101 cm³/mol. The van der Waals surface area contributed by atoms with Gasteiger partial charge in [0.15, 0.2) is 17.0 Å². The molecular formula is C19H18N6. The molecule has 6 nitrogen and oxygen atoms in total. The summed E-state index contributed by atoms with van der Waals surface area (Å²) in [5, 5.41) is 6.53. The van der Waals surface area contributed by atoms with Gasteiger partial charge in [-0.2, -0.15) is 9.97 Å². The van der Waals surface area contributed by atoms with E-state index in [9.17, 15) is 0 Å². The number of nitrogens with zero attached hydrogens (tertiary/aromatic N) is 4. The third kappa shape index (κ3) is 3.01. The molecule has 0 spiro atoms. The van der Waals surface area contributed by atoms with E-state index >= 15 is 0 Å². The second-order valence-corrected chi connectivity index (χ2v) is 5.54. The number of hydrogen-bond acceptors (Lipinski definition) is 5. The average Bonchev–Trinajstić information content (AvgIpc) is 3.08. The fraction of sp³-hybridized carbons (Fsp3) is 0.105. The van der Waals surface area contributed by atoms with E-state index < -0.39 is 0 Å². The number of aromatic nitrogens is 4. The molecule has 124 valence electrons. The van der Waals surface area contributed by atoms with Crippen LogP contribution in [0.15, 0.2) is 67.0 Å². The van der Waals surface area contributed by atoms with Gasteiger partial charge in [-0.1, -0.05) is 36.4 Å². The quantitative estimate of drug-likeness (QED) is 0.579. The Morgan fingerprint density at radius 1 is 0.920 bits per heavy atom. The predicted octanol–water partition coefficient (Wildman–Crippen LogP) is 3.99. The van der Waals surface area contributed by atoms with Gasteiger partial charge >= 0.3 is 0 Å². The molecule has 0 fully saturated rings. The van der Waals surface area contributed by atoms with Crippen LogP contribution >= 0.6 is 0 Å². The first-order chi connectivity index (χ1) is 12.3. The Hall–Kier alpha value is -3.41. The van der Waals surface area contributed by atoms with Gasteiger partial charge in [-0.3, -0.25) is 4.57 Å². The molecule has 0 aliphatic rings. The first kappa shape index (κ1) is 15.1. The molecule has 2 aromatic carbocycles. The molecule has 0 saturated carbocycles. The molecule has 0 radical (unpaired) electrons. The zero-order valence-corrected chi connectivity index (χ0v) is 13.8. The van der Waals surface area contributed by atoms with E-state index in [1.165, 1.54) is 0 Å². The lowest BCUT2D eigenvalue weighted by Gasteiger charge is -2.10. The Labute approximate surface area is 145 Å². The molecule has 4 rings (SSSR count). The summed E-state index contributed by atoms with van der Waals surface area (Å²) in [4.78, 5) is 13.8. The highest BCUT2D eigenvalue weighted by Crippen LogP contribution is 2.26. The van der Waals surface area contributed by atoms with E-state index in [1.54, 1.807) is 6.33 Å². The van der Waals surface area contributed by atoms with Crippen molar-refractivity contribution in [3.05, 3.63) is 67.0 Å². The molecule has 0 amide bonds. The van der Waals surface area contributed by atoms with Crippen LogP contribution in [0.1, 0.15) is 6.92 Å². The van der Waals surface area contributed by atoms with Crippen molar-refractivity contribution in [2.45, 2.75) is 6.92 Å². The lowest BCUT2D eigenvalue weighted by molar-refractivity contribution is 1.05. The third-order valence-corrected chi connectivity index (χ3v) is 3.80. The minimum atomic E-state index is 0.575. The van der Waals surface area contributed by atoms with Crippen LogP contribution in [0.5, 0.6) is 0 Å². The van der Waals surface area contributed by atoms with Gasteiger partial charge in [0.1, 0.15) is 6.33 Å². The highest BCUT2D eigenvalue weighted by molar-refractivity contribution is 5.87. The Balaban J connectivity index is 1.86. The highest BCUT2D eigenvalue weighted by atomic mass is 15.2. The van der Waals surface area contributed by atoms with Gasteiger partial charge < -0.3 is 10.6 Å². The van der Waals surface area contributed by atoms with Crippen molar-refractivity contribution in [3.8, 4) is 5.69 Å². The molecular weight excluding hydrogens is 312 g/mol. The zero-order valence-electron chi connectivity index (χ0n) is 13.8. The third-order valence-electron chi connectivity index (χ3n) is 3.80. The number of anilines is 3. The number of hydrogen-bond donors (Lipinski definition) is 2. The molecule has 0 bridgehead atoms. The Morgan fingerprint density at radius 3 is 2.36 bits per heavy atom. The Bertz CT molecular complexity index is 979. The van der Waals surface area contributed by atoms with Gasteiger partial charge in [-0.25, -0.2) is 4.98 Å². The van der Waals surface area contributed by atoms with E-state index in [4.69, 9.17) is 0 Å². The maximum atomic E-state index is 4.64. The largest absolute Gasteiger partial charge is 0.354 e. The van der Waals surface area contributed by atoms with E-state index in [0.29, 0.717) is 11.8 Å². The average molecular weight is 330 g/mol. The smallest absolute Gasteiger partial charge is 0.226 e. The van der Waals surface area contributed by atoms with Gasteiger partial charge in [0, 0.05) is 17.9 Å². The summed E-state index contributed by atoms with van der Waals surface area (Å²) in [6.45, 7) is 2.77. The van der Waals surface area contributed by atoms with Gasteiger partial charge in [-0.05, 0) is 31.2 Å². The van der Waals surface area contributed by atoms with Gasteiger partial charge in [-0.15, -0.1) is 0 Å². The summed E-state index contributed by atoms with van der Waals surface area (Å²) in [7, 11) is 0. The number of fused-ring (bicyclic) bond motifs is 1. The normalized spacial score (nSPS) is 10.8. The van der Waals surface area contributed by atoms with E-state index in [2.05, 4.69) is 25.6 Å². The molecule has 0 saturated heterocycles. The fourth-order valence-corrected chi connectivity index (χ4v) is 2.66. The summed E-state index contributed by atoms with van der Waals surface area (Å²) < 4.78 is 1.97. The van der Waals surface area contributed by atoms with Crippen molar-refractivity contribution in [1.29, 1.82) is 0 Å². The first-order valence-electron chi connectivity index (χ1n) is 8.21. The summed E-state index contributed by atoms with van der Waals surface area (Å²) in [5.41, 5.74) is 3.46. The van der Waals surface area contributed by atoms with Crippen molar-refractivity contribution in [3.63, 3.8) is 0 Å². The molecule has 0 atom stereocenters. The van der Waals surface area contributed by atoms with Crippen molar-refractivity contribution in [2.24, 2.45) is 0 Å². The van der Waals surface area contributed by atoms with Crippen LogP contribution in [-0.2, 0) is 0 Å². The van der Waals surface area contributed by atoms with Crippen molar-refractivity contribution in [2.75, 3.05) is 17.2 Å². The minimum absolute atomic E-state index is 0.575. The van der Waals surface area contributed by atoms with Gasteiger partial charge in [0.25, 0.3) is 0 Å². The number of para-hydroxylation sites is 2. The number of imidazole rings is 1. The molecule has 4 aromatic rings. The molecule has 0 aliphatic carbocycles. The van der Waals surface area contributed by atoms with E-state index in [-0.39, 0.29) is 0 Å². The summed E-state index contributed by atoms with van der Waals surface area (Å²) >= 11 is 0. The van der Waals surface area contributed by atoms with Crippen molar-refractivity contribution >= 4 is 28.6 Å². The first-order valence-corrected chi connectivity index (χ1v) is 8.21. The standard InChI is InChI=1S/C19H18N6/c1-2-20-19-23-17(22-14-9-5-3-6-10-14)16-18(24-19)25(13-21-16)15-11-7-4-8-12-15/h3-13H,2H2,1H3,(H2,20,22,23,24). The maximum absolute atomic E-state index is 4.64. The van der Waals surface area contributed by atoms with Crippen molar-refractivity contribution < 1.29 is 0 Å². The second-order valence-electron chi connectivity index (χ2n) is 5.54. The Morgan fingerprint density at radius 2 is 1.64 bits per heavy atom. The van der Waals surface area contributed by atoms with Crippen LogP contribution in [0.25, 0.3) is 16.9 Å². The minimum Gasteiger partial charge on any atom is -0.354 e. The molecule has 2 N–H and O–H groups in total. The molecule has 0 aliphatic heterocycles. The van der Waals surface area contributed by atoms with E-state index in [0.717, 1.165) is 29.1 Å². The van der Waals surface area contributed by atoms with Gasteiger partial charge in [0.2, 0.25) is 5.95 Å². The van der Waals surface area contributed by atoms with Crippen LogP contribution in [0.3, 0.4) is 0 Å². The fourth-order valence-electron chi connectivity index (χ4n) is 2.66. The Kier molecular flexibility index (Phi) is 4.00. The molecule has 25 heavy (non-hydrogen) atoms. The molecule has 2 heterocycles.